The molecule has 0 unspecified atom stereocenters. The minimum absolute atomic E-state index is 0. The average Bonchev–Trinajstić information content (AvgIpc) is 2.06. The van der Waals surface area contributed by atoms with Gasteiger partial charge < -0.3 is 4.74 Å². The molecule has 0 radical (unpaired) electrons. The molecule has 7 heteroatoms. The van der Waals surface area contributed by atoms with Crippen LogP contribution in [-0.2, 0) is 11.4 Å². The van der Waals surface area contributed by atoms with Crippen molar-refractivity contribution < 1.29 is 22.7 Å². The van der Waals surface area contributed by atoms with Crippen molar-refractivity contribution in [1.29, 1.82) is 0 Å². The molecule has 0 saturated heterocycles. The summed E-state index contributed by atoms with van der Waals surface area (Å²) in [5, 5.41) is 0. The summed E-state index contributed by atoms with van der Waals surface area (Å²) in [4.78, 5) is 4.24. The topological polar surface area (TPSA) is 44.5 Å². The molecule has 0 aliphatic heterocycles. The van der Waals surface area contributed by atoms with Crippen molar-refractivity contribution in [2.75, 3.05) is 0 Å². The second-order valence-electron chi connectivity index (χ2n) is 2.47. The molecule has 1 aromatic rings. The lowest BCUT2D eigenvalue weighted by Crippen LogP contribution is -2.18. The van der Waals surface area contributed by atoms with Gasteiger partial charge in [0.05, 0.1) is 6.61 Å². The van der Waals surface area contributed by atoms with Crippen molar-refractivity contribution in [3.8, 4) is 5.75 Å². The Morgan fingerprint density at radius 3 is 2.33 bits per heavy atom. The largest absolute Gasteiger partial charge is 0.573 e. The molecule has 0 heterocycles. The van der Waals surface area contributed by atoms with Gasteiger partial charge in [-0.05, 0) is 6.07 Å². The Hall–Kier alpha value is -0.980. The summed E-state index contributed by atoms with van der Waals surface area (Å²) in [6, 6.07) is 5.63. The Morgan fingerprint density at radius 1 is 1.20 bits per heavy atom. The zero-order valence-electron chi connectivity index (χ0n) is 7.45. The van der Waals surface area contributed by atoms with Gasteiger partial charge in [-0.3, -0.25) is 4.84 Å². The van der Waals surface area contributed by atoms with Crippen LogP contribution in [0.1, 0.15) is 5.56 Å². The monoisotopic (exact) mass is 243 g/mol. The summed E-state index contributed by atoms with van der Waals surface area (Å²) < 4.78 is 39.4. The number of hydrogen-bond donors (Lipinski definition) is 1. The summed E-state index contributed by atoms with van der Waals surface area (Å²) in [5.74, 6) is 4.46. The smallest absolute Gasteiger partial charge is 0.405 e. The number of hydrogen-bond acceptors (Lipinski definition) is 3. The van der Waals surface area contributed by atoms with E-state index in [-0.39, 0.29) is 30.3 Å². The van der Waals surface area contributed by atoms with Gasteiger partial charge in [-0.2, -0.15) is 0 Å². The zero-order valence-corrected chi connectivity index (χ0v) is 8.27. The first-order chi connectivity index (χ1) is 6.53. The van der Waals surface area contributed by atoms with Gasteiger partial charge >= 0.3 is 6.36 Å². The molecule has 3 nitrogen and oxygen atoms in total. The Labute approximate surface area is 90.3 Å². The molecule has 0 amide bonds. The van der Waals surface area contributed by atoms with E-state index in [1.807, 2.05) is 0 Å². The van der Waals surface area contributed by atoms with E-state index in [9.17, 15) is 13.2 Å². The minimum atomic E-state index is -4.70. The van der Waals surface area contributed by atoms with Gasteiger partial charge in [0.15, 0.2) is 0 Å². The SMILES string of the molecule is Cl.NOCc1ccccc1OC(F)(F)F. The van der Waals surface area contributed by atoms with Crippen LogP contribution in [0.15, 0.2) is 24.3 Å². The summed E-state index contributed by atoms with van der Waals surface area (Å²) in [6.07, 6.45) is -4.70. The number of para-hydroxylation sites is 1. The third-order valence-electron chi connectivity index (χ3n) is 1.44. The average molecular weight is 244 g/mol. The second-order valence-corrected chi connectivity index (χ2v) is 2.47. The van der Waals surface area contributed by atoms with Crippen molar-refractivity contribution in [3.05, 3.63) is 29.8 Å². The van der Waals surface area contributed by atoms with Crippen LogP contribution < -0.4 is 10.6 Å². The van der Waals surface area contributed by atoms with Crippen LogP contribution in [0.4, 0.5) is 13.2 Å². The van der Waals surface area contributed by atoms with E-state index in [2.05, 4.69) is 9.57 Å². The fourth-order valence-electron chi connectivity index (χ4n) is 0.937. The van der Waals surface area contributed by atoms with E-state index in [0.717, 1.165) is 0 Å². The molecule has 0 spiro atoms. The first-order valence-corrected chi connectivity index (χ1v) is 3.68. The summed E-state index contributed by atoms with van der Waals surface area (Å²) in [7, 11) is 0. The van der Waals surface area contributed by atoms with Crippen molar-refractivity contribution in [3.63, 3.8) is 0 Å². The molecule has 15 heavy (non-hydrogen) atoms. The quantitative estimate of drug-likeness (QED) is 0.829. The van der Waals surface area contributed by atoms with Gasteiger partial charge in [0.25, 0.3) is 0 Å². The Morgan fingerprint density at radius 2 is 1.80 bits per heavy atom. The highest BCUT2D eigenvalue weighted by molar-refractivity contribution is 5.85. The highest BCUT2D eigenvalue weighted by Crippen LogP contribution is 2.26. The molecule has 0 atom stereocenters. The van der Waals surface area contributed by atoms with Crippen LogP contribution in [0.5, 0.6) is 5.75 Å². The third kappa shape index (κ3) is 4.87. The Kier molecular flexibility index (Phi) is 5.41. The fourth-order valence-corrected chi connectivity index (χ4v) is 0.937. The van der Waals surface area contributed by atoms with Gasteiger partial charge in [0, 0.05) is 5.56 Å². The number of benzene rings is 1. The fraction of sp³-hybridized carbons (Fsp3) is 0.250. The van der Waals surface area contributed by atoms with Gasteiger partial charge in [0.1, 0.15) is 5.75 Å². The van der Waals surface area contributed by atoms with E-state index in [0.29, 0.717) is 0 Å². The number of ether oxygens (including phenoxy) is 1. The molecular weight excluding hydrogens is 235 g/mol. The molecule has 2 N–H and O–H groups in total. The highest BCUT2D eigenvalue weighted by Gasteiger charge is 2.31. The lowest BCUT2D eigenvalue weighted by molar-refractivity contribution is -0.275. The number of nitrogens with two attached hydrogens (primary N) is 1. The predicted molar refractivity (Wildman–Crippen MR) is 49.3 cm³/mol. The molecule has 1 aromatic carbocycles. The molecule has 0 aromatic heterocycles. The molecule has 0 aliphatic rings. The molecule has 0 bridgehead atoms. The number of alkyl halides is 3. The zero-order chi connectivity index (χ0) is 10.6. The van der Waals surface area contributed by atoms with Crippen LogP contribution in [0.25, 0.3) is 0 Å². The second kappa shape index (κ2) is 5.79. The van der Waals surface area contributed by atoms with Crippen LogP contribution >= 0.6 is 12.4 Å². The van der Waals surface area contributed by atoms with Crippen molar-refractivity contribution >= 4 is 12.4 Å². The van der Waals surface area contributed by atoms with Crippen LogP contribution in [0.3, 0.4) is 0 Å². The number of halogens is 4. The molecule has 0 fully saturated rings. The van der Waals surface area contributed by atoms with Gasteiger partial charge in [-0.15, -0.1) is 25.6 Å². The maximum Gasteiger partial charge on any atom is 0.573 e. The minimum Gasteiger partial charge on any atom is -0.405 e. The first-order valence-electron chi connectivity index (χ1n) is 3.68. The van der Waals surface area contributed by atoms with Gasteiger partial charge in [-0.1, -0.05) is 18.2 Å². The van der Waals surface area contributed by atoms with Crippen molar-refractivity contribution in [1.82, 2.24) is 0 Å². The molecule has 1 rings (SSSR count). The summed E-state index contributed by atoms with van der Waals surface area (Å²) in [6.45, 7) is -0.133. The normalized spacial score (nSPS) is 10.7. The molecule has 0 saturated carbocycles. The van der Waals surface area contributed by atoms with E-state index >= 15 is 0 Å². The van der Waals surface area contributed by atoms with E-state index in [1.54, 1.807) is 6.07 Å². The Bertz CT molecular complexity index is 306. The van der Waals surface area contributed by atoms with E-state index in [1.165, 1.54) is 18.2 Å². The van der Waals surface area contributed by atoms with Crippen molar-refractivity contribution in [2.45, 2.75) is 13.0 Å². The third-order valence-corrected chi connectivity index (χ3v) is 1.44. The highest BCUT2D eigenvalue weighted by atomic mass is 35.5. The molecule has 0 aliphatic carbocycles. The molecule has 86 valence electrons. The first kappa shape index (κ1) is 14.0. The van der Waals surface area contributed by atoms with Crippen molar-refractivity contribution in [2.24, 2.45) is 5.90 Å². The van der Waals surface area contributed by atoms with Gasteiger partial charge in [-0.25, -0.2) is 5.90 Å². The predicted octanol–water partition coefficient (Wildman–Crippen LogP) is 2.40. The summed E-state index contributed by atoms with van der Waals surface area (Å²) >= 11 is 0. The van der Waals surface area contributed by atoms with Crippen LogP contribution in [0, 0.1) is 0 Å². The van der Waals surface area contributed by atoms with Crippen LogP contribution in [0.2, 0.25) is 0 Å². The standard InChI is InChI=1S/C8H8F3NO2.ClH/c9-8(10,11)14-7-4-2-1-3-6(7)5-13-12;/h1-4H,5,12H2;1H. The maximum atomic E-state index is 11.9. The van der Waals surface area contributed by atoms with Crippen LogP contribution in [-0.4, -0.2) is 6.36 Å². The number of rotatable bonds is 3. The van der Waals surface area contributed by atoms with E-state index < -0.39 is 6.36 Å². The van der Waals surface area contributed by atoms with E-state index in [4.69, 9.17) is 5.90 Å². The lowest BCUT2D eigenvalue weighted by atomic mass is 10.2. The molecular formula is C8H9ClF3NO2. The van der Waals surface area contributed by atoms with Gasteiger partial charge in [0.2, 0.25) is 0 Å². The Balaban J connectivity index is 0.00000196. The summed E-state index contributed by atoms with van der Waals surface area (Å²) in [5.41, 5.74) is 0.243. The lowest BCUT2D eigenvalue weighted by Gasteiger charge is -2.11. The maximum absolute atomic E-state index is 11.9.